The number of esters is 1. The number of para-hydroxylation sites is 1. The van der Waals surface area contributed by atoms with Gasteiger partial charge in [-0.1, -0.05) is 30.3 Å². The van der Waals surface area contributed by atoms with Crippen molar-refractivity contribution in [1.82, 2.24) is 4.98 Å². The first-order chi connectivity index (χ1) is 12.1. The summed E-state index contributed by atoms with van der Waals surface area (Å²) in [5.41, 5.74) is 2.21. The number of methoxy groups -OCH3 is 1. The first-order valence-electron chi connectivity index (χ1n) is 8.01. The number of H-pyrrole nitrogens is 1. The number of aromatic amines is 1. The van der Waals surface area contributed by atoms with Crippen molar-refractivity contribution >= 4 is 22.7 Å². The second-order valence-corrected chi connectivity index (χ2v) is 5.77. The third-order valence-corrected chi connectivity index (χ3v) is 4.04. The van der Waals surface area contributed by atoms with E-state index < -0.39 is 12.1 Å². The molecule has 3 aromatic rings. The summed E-state index contributed by atoms with van der Waals surface area (Å²) < 4.78 is 10.4. The van der Waals surface area contributed by atoms with E-state index in [0.717, 1.165) is 22.2 Å². The Morgan fingerprint density at radius 2 is 1.80 bits per heavy atom. The van der Waals surface area contributed by atoms with Crippen molar-refractivity contribution in [3.8, 4) is 5.75 Å². The molecular weight excluding hydrogens is 318 g/mol. The van der Waals surface area contributed by atoms with Crippen molar-refractivity contribution in [2.24, 2.45) is 0 Å². The highest BCUT2D eigenvalue weighted by atomic mass is 16.5. The maximum absolute atomic E-state index is 12.6. The van der Waals surface area contributed by atoms with Gasteiger partial charge in [-0.15, -0.1) is 0 Å². The van der Waals surface area contributed by atoms with E-state index in [9.17, 15) is 9.59 Å². The van der Waals surface area contributed by atoms with Gasteiger partial charge < -0.3 is 14.5 Å². The van der Waals surface area contributed by atoms with Crippen LogP contribution in [0.1, 0.15) is 22.8 Å². The highest BCUT2D eigenvalue weighted by Crippen LogP contribution is 2.20. The van der Waals surface area contributed by atoms with Crippen LogP contribution < -0.4 is 4.74 Å². The van der Waals surface area contributed by atoms with Gasteiger partial charge >= 0.3 is 5.97 Å². The molecule has 0 saturated heterocycles. The van der Waals surface area contributed by atoms with Crippen LogP contribution in [-0.2, 0) is 16.0 Å². The Balaban J connectivity index is 1.65. The largest absolute Gasteiger partial charge is 0.497 e. The summed E-state index contributed by atoms with van der Waals surface area (Å²) in [6.45, 7) is 1.59. The van der Waals surface area contributed by atoms with Crippen LogP contribution in [0, 0.1) is 0 Å². The van der Waals surface area contributed by atoms with Crippen LogP contribution in [0.25, 0.3) is 10.9 Å². The number of carbonyl (C=O) groups is 2. The molecule has 1 atom stereocenters. The Morgan fingerprint density at radius 3 is 2.52 bits per heavy atom. The Morgan fingerprint density at radius 1 is 1.08 bits per heavy atom. The van der Waals surface area contributed by atoms with Crippen LogP contribution in [0.2, 0.25) is 0 Å². The number of nitrogens with one attached hydrogen (secondary N) is 1. The summed E-state index contributed by atoms with van der Waals surface area (Å²) in [6, 6.07) is 14.7. The molecule has 1 heterocycles. The molecule has 0 fully saturated rings. The monoisotopic (exact) mass is 337 g/mol. The lowest BCUT2D eigenvalue weighted by Crippen LogP contribution is -2.25. The molecule has 0 aliphatic heterocycles. The van der Waals surface area contributed by atoms with Crippen LogP contribution in [0.15, 0.2) is 54.7 Å². The van der Waals surface area contributed by atoms with Gasteiger partial charge in [0.2, 0.25) is 5.78 Å². The smallest absolute Gasteiger partial charge is 0.310 e. The zero-order chi connectivity index (χ0) is 17.8. The fourth-order valence-electron chi connectivity index (χ4n) is 2.70. The van der Waals surface area contributed by atoms with E-state index in [1.807, 2.05) is 24.3 Å². The lowest BCUT2D eigenvalue weighted by Gasteiger charge is -2.12. The first-order valence-corrected chi connectivity index (χ1v) is 8.01. The minimum atomic E-state index is -0.843. The van der Waals surface area contributed by atoms with Crippen molar-refractivity contribution in [1.29, 1.82) is 0 Å². The number of fused-ring (bicyclic) bond motifs is 1. The SMILES string of the molecule is COc1ccc(CC(=O)O[C@H](C)C(=O)c2c[nH]c3ccccc23)cc1. The number of hydrogen-bond donors (Lipinski definition) is 1. The molecule has 1 aromatic heterocycles. The van der Waals surface area contributed by atoms with Gasteiger partial charge in [-0.25, -0.2) is 0 Å². The lowest BCUT2D eigenvalue weighted by molar-refractivity contribution is -0.145. The van der Waals surface area contributed by atoms with Crippen molar-refractivity contribution < 1.29 is 19.1 Å². The lowest BCUT2D eigenvalue weighted by atomic mass is 10.1. The molecule has 0 aliphatic rings. The van der Waals surface area contributed by atoms with Gasteiger partial charge in [-0.3, -0.25) is 9.59 Å². The number of benzene rings is 2. The number of hydrogen-bond acceptors (Lipinski definition) is 4. The van der Waals surface area contributed by atoms with Crippen molar-refractivity contribution in [3.63, 3.8) is 0 Å². The first kappa shape index (κ1) is 16.8. The predicted octanol–water partition coefficient (Wildman–Crippen LogP) is 3.53. The molecule has 128 valence electrons. The van der Waals surface area contributed by atoms with Gasteiger partial charge in [0.1, 0.15) is 5.75 Å². The molecule has 0 aliphatic carbocycles. The summed E-state index contributed by atoms with van der Waals surface area (Å²) in [5.74, 6) is 0.0615. The van der Waals surface area contributed by atoms with Gasteiger partial charge in [-0.05, 0) is 30.7 Å². The number of ether oxygens (including phenoxy) is 2. The quantitative estimate of drug-likeness (QED) is 0.552. The van der Waals surface area contributed by atoms with Gasteiger partial charge in [0.05, 0.1) is 13.5 Å². The standard InChI is InChI=1S/C20H19NO4/c1-13(20(23)17-12-21-18-6-4-3-5-16(17)18)25-19(22)11-14-7-9-15(24-2)10-8-14/h3-10,12-13,21H,11H2,1-2H3/t13-/m1/s1. The molecule has 0 spiro atoms. The minimum Gasteiger partial charge on any atom is -0.497 e. The second-order valence-electron chi connectivity index (χ2n) is 5.77. The molecule has 2 aromatic carbocycles. The molecule has 5 nitrogen and oxygen atoms in total. The summed E-state index contributed by atoms with van der Waals surface area (Å²) in [4.78, 5) is 27.7. The Hall–Kier alpha value is -3.08. The predicted molar refractivity (Wildman–Crippen MR) is 94.9 cm³/mol. The van der Waals surface area contributed by atoms with Crippen LogP contribution in [-0.4, -0.2) is 30.0 Å². The molecule has 0 bridgehead atoms. The number of rotatable bonds is 6. The van der Waals surface area contributed by atoms with E-state index >= 15 is 0 Å². The number of carbonyl (C=O) groups excluding carboxylic acids is 2. The topological polar surface area (TPSA) is 68.4 Å². The highest BCUT2D eigenvalue weighted by molar-refractivity contribution is 6.10. The van der Waals surface area contributed by atoms with Crippen molar-refractivity contribution in [2.75, 3.05) is 7.11 Å². The average Bonchev–Trinajstić information content (AvgIpc) is 3.05. The third-order valence-electron chi connectivity index (χ3n) is 4.04. The average molecular weight is 337 g/mol. The van der Waals surface area contributed by atoms with E-state index in [-0.39, 0.29) is 12.2 Å². The molecule has 0 radical (unpaired) electrons. The van der Waals surface area contributed by atoms with Crippen LogP contribution in [0.5, 0.6) is 5.75 Å². The second kappa shape index (κ2) is 7.21. The minimum absolute atomic E-state index is 0.107. The van der Waals surface area contributed by atoms with Crippen molar-refractivity contribution in [3.05, 3.63) is 65.9 Å². The number of aromatic nitrogens is 1. The molecule has 0 saturated carbocycles. The normalized spacial score (nSPS) is 11.9. The summed E-state index contributed by atoms with van der Waals surface area (Å²) in [5, 5.41) is 0.825. The van der Waals surface area contributed by atoms with E-state index in [1.54, 1.807) is 44.5 Å². The highest BCUT2D eigenvalue weighted by Gasteiger charge is 2.22. The third kappa shape index (κ3) is 3.71. The summed E-state index contributed by atoms with van der Waals surface area (Å²) in [7, 11) is 1.58. The maximum atomic E-state index is 12.6. The van der Waals surface area contributed by atoms with E-state index in [1.165, 1.54) is 0 Å². The maximum Gasteiger partial charge on any atom is 0.310 e. The van der Waals surface area contributed by atoms with Crippen molar-refractivity contribution in [2.45, 2.75) is 19.4 Å². The fourth-order valence-corrected chi connectivity index (χ4v) is 2.70. The molecule has 3 rings (SSSR count). The Kier molecular flexibility index (Phi) is 4.84. The van der Waals surface area contributed by atoms with Gasteiger partial charge in [0.25, 0.3) is 0 Å². The molecule has 0 unspecified atom stereocenters. The van der Waals surface area contributed by atoms with Crippen LogP contribution in [0.3, 0.4) is 0 Å². The molecular formula is C20H19NO4. The Labute approximate surface area is 145 Å². The van der Waals surface area contributed by atoms with E-state index in [2.05, 4.69) is 4.98 Å². The zero-order valence-corrected chi connectivity index (χ0v) is 14.1. The van der Waals surface area contributed by atoms with Gasteiger partial charge in [-0.2, -0.15) is 0 Å². The van der Waals surface area contributed by atoms with Gasteiger partial charge in [0.15, 0.2) is 6.10 Å². The van der Waals surface area contributed by atoms with Crippen LogP contribution in [0.4, 0.5) is 0 Å². The van der Waals surface area contributed by atoms with E-state index in [4.69, 9.17) is 9.47 Å². The Bertz CT molecular complexity index is 895. The van der Waals surface area contributed by atoms with E-state index in [0.29, 0.717) is 5.56 Å². The fraction of sp³-hybridized carbons (Fsp3) is 0.200. The van der Waals surface area contributed by atoms with Crippen LogP contribution >= 0.6 is 0 Å². The zero-order valence-electron chi connectivity index (χ0n) is 14.1. The molecule has 0 amide bonds. The number of Topliss-reactive ketones (excluding diaryl/α,β-unsaturated/α-hetero) is 1. The molecule has 25 heavy (non-hydrogen) atoms. The molecule has 1 N–H and O–H groups in total. The van der Waals surface area contributed by atoms with Gasteiger partial charge in [0, 0.05) is 22.7 Å². The summed E-state index contributed by atoms with van der Waals surface area (Å²) >= 11 is 0. The summed E-state index contributed by atoms with van der Waals surface area (Å²) in [6.07, 6.45) is 0.918. The number of ketones is 1. The molecule has 5 heteroatoms.